The molecule has 1 heterocycles. The van der Waals surface area contributed by atoms with Gasteiger partial charge in [-0.2, -0.15) is 0 Å². The van der Waals surface area contributed by atoms with Crippen LogP contribution in [0.4, 0.5) is 0 Å². The molecular weight excluding hydrogens is 312 g/mol. The van der Waals surface area contributed by atoms with Gasteiger partial charge < -0.3 is 9.47 Å². The van der Waals surface area contributed by atoms with E-state index in [1.807, 2.05) is 0 Å². The van der Waals surface area contributed by atoms with Gasteiger partial charge in [-0.3, -0.25) is 4.79 Å². The molecule has 0 radical (unpaired) electrons. The Labute approximate surface area is 118 Å². The van der Waals surface area contributed by atoms with Gasteiger partial charge in [-0.1, -0.05) is 0 Å². The lowest BCUT2D eigenvalue weighted by Gasteiger charge is -2.07. The zero-order valence-corrected chi connectivity index (χ0v) is 12.0. The molecule has 98 valence electrons. The molecule has 0 spiro atoms. The summed E-state index contributed by atoms with van der Waals surface area (Å²) >= 11 is 3.34. The Morgan fingerprint density at radius 2 is 1.89 bits per heavy atom. The molecule has 0 aliphatic heterocycles. The minimum atomic E-state index is -0.256. The quantitative estimate of drug-likeness (QED) is 0.809. The molecule has 0 atom stereocenters. The number of methoxy groups -OCH3 is 2. The van der Waals surface area contributed by atoms with Crippen molar-refractivity contribution in [3.8, 4) is 11.6 Å². The summed E-state index contributed by atoms with van der Waals surface area (Å²) in [6, 6.07) is 5.05. The molecule has 0 fully saturated rings. The summed E-state index contributed by atoms with van der Waals surface area (Å²) in [5, 5.41) is 0. The van der Waals surface area contributed by atoms with Crippen LogP contribution in [0.2, 0.25) is 0 Å². The van der Waals surface area contributed by atoms with Crippen molar-refractivity contribution in [2.45, 2.75) is 0 Å². The molecule has 5 nitrogen and oxygen atoms in total. The molecule has 2 aromatic rings. The molecule has 1 aromatic carbocycles. The van der Waals surface area contributed by atoms with Crippen molar-refractivity contribution in [1.82, 2.24) is 9.97 Å². The summed E-state index contributed by atoms with van der Waals surface area (Å²) in [5.41, 5.74) is 0.661. The molecule has 0 aliphatic rings. The van der Waals surface area contributed by atoms with Crippen LogP contribution in [-0.4, -0.2) is 30.0 Å². The van der Waals surface area contributed by atoms with E-state index in [4.69, 9.17) is 9.47 Å². The van der Waals surface area contributed by atoms with Gasteiger partial charge in [0.15, 0.2) is 5.69 Å². The van der Waals surface area contributed by atoms with Crippen molar-refractivity contribution in [1.29, 1.82) is 0 Å². The Morgan fingerprint density at radius 1 is 1.16 bits per heavy atom. The van der Waals surface area contributed by atoms with Crippen molar-refractivity contribution < 1.29 is 14.3 Å². The number of benzene rings is 1. The minimum Gasteiger partial charge on any atom is -0.496 e. The fourth-order valence-corrected chi connectivity index (χ4v) is 2.12. The summed E-state index contributed by atoms with van der Waals surface area (Å²) in [6.45, 7) is 0. The molecule has 19 heavy (non-hydrogen) atoms. The van der Waals surface area contributed by atoms with E-state index in [0.29, 0.717) is 15.8 Å². The molecule has 0 bridgehead atoms. The van der Waals surface area contributed by atoms with E-state index in [0.717, 1.165) is 0 Å². The summed E-state index contributed by atoms with van der Waals surface area (Å²) in [6.07, 6.45) is 2.92. The minimum absolute atomic E-state index is 0.182. The zero-order chi connectivity index (χ0) is 13.8. The van der Waals surface area contributed by atoms with Crippen LogP contribution < -0.4 is 9.47 Å². The van der Waals surface area contributed by atoms with E-state index in [1.165, 1.54) is 19.5 Å². The highest BCUT2D eigenvalue weighted by Gasteiger charge is 2.17. The smallest absolute Gasteiger partial charge is 0.243 e. The number of carbonyl (C=O) groups is 1. The first kappa shape index (κ1) is 13.5. The van der Waals surface area contributed by atoms with E-state index < -0.39 is 0 Å². The first-order valence-electron chi connectivity index (χ1n) is 5.40. The van der Waals surface area contributed by atoms with Crippen LogP contribution in [0.15, 0.2) is 35.1 Å². The van der Waals surface area contributed by atoms with Crippen LogP contribution in [0.5, 0.6) is 11.6 Å². The summed E-state index contributed by atoms with van der Waals surface area (Å²) in [5.74, 6) is 0.607. The van der Waals surface area contributed by atoms with Crippen LogP contribution in [0.25, 0.3) is 0 Å². The van der Waals surface area contributed by atoms with Crippen LogP contribution in [0.3, 0.4) is 0 Å². The van der Waals surface area contributed by atoms with Crippen LogP contribution in [0.1, 0.15) is 16.1 Å². The maximum atomic E-state index is 12.3. The molecular formula is C13H11BrN2O3. The third-order valence-electron chi connectivity index (χ3n) is 2.49. The van der Waals surface area contributed by atoms with Gasteiger partial charge in [-0.15, -0.1) is 0 Å². The van der Waals surface area contributed by atoms with Gasteiger partial charge in [0.25, 0.3) is 0 Å². The number of nitrogens with zero attached hydrogens (tertiary/aromatic N) is 2. The van der Waals surface area contributed by atoms with Gasteiger partial charge in [-0.25, -0.2) is 9.97 Å². The predicted molar refractivity (Wildman–Crippen MR) is 72.7 cm³/mol. The highest BCUT2D eigenvalue weighted by molar-refractivity contribution is 9.10. The Bertz CT molecular complexity index is 617. The van der Waals surface area contributed by atoms with Crippen molar-refractivity contribution >= 4 is 21.7 Å². The number of carbonyl (C=O) groups excluding carboxylic acids is 1. The topological polar surface area (TPSA) is 61.3 Å². The number of ether oxygens (including phenoxy) is 2. The van der Waals surface area contributed by atoms with Gasteiger partial charge in [0, 0.05) is 18.0 Å². The highest BCUT2D eigenvalue weighted by Crippen LogP contribution is 2.27. The largest absolute Gasteiger partial charge is 0.496 e. The average molecular weight is 323 g/mol. The van der Waals surface area contributed by atoms with E-state index in [2.05, 4.69) is 25.9 Å². The lowest BCUT2D eigenvalue weighted by atomic mass is 10.1. The SMILES string of the molecule is COc1ccc(C(=O)c2nccnc2OC)cc1Br. The maximum absolute atomic E-state index is 12.3. The van der Waals surface area contributed by atoms with Crippen LogP contribution >= 0.6 is 15.9 Å². The van der Waals surface area contributed by atoms with Crippen LogP contribution in [-0.2, 0) is 0 Å². The Kier molecular flexibility index (Phi) is 4.11. The molecule has 0 N–H and O–H groups in total. The van der Waals surface area contributed by atoms with Gasteiger partial charge >= 0.3 is 0 Å². The van der Waals surface area contributed by atoms with E-state index in [9.17, 15) is 4.79 Å². The summed E-state index contributed by atoms with van der Waals surface area (Å²) in [4.78, 5) is 20.3. The maximum Gasteiger partial charge on any atom is 0.243 e. The molecule has 6 heteroatoms. The van der Waals surface area contributed by atoms with E-state index in [1.54, 1.807) is 25.3 Å². The summed E-state index contributed by atoms with van der Waals surface area (Å²) in [7, 11) is 3.01. The fourth-order valence-electron chi connectivity index (χ4n) is 1.57. The van der Waals surface area contributed by atoms with Crippen molar-refractivity contribution in [2.24, 2.45) is 0 Å². The summed E-state index contributed by atoms with van der Waals surface area (Å²) < 4.78 is 10.8. The predicted octanol–water partition coefficient (Wildman–Crippen LogP) is 2.49. The Hall–Kier alpha value is -1.95. The first-order valence-corrected chi connectivity index (χ1v) is 6.20. The average Bonchev–Trinajstić information content (AvgIpc) is 2.46. The fraction of sp³-hybridized carbons (Fsp3) is 0.154. The lowest BCUT2D eigenvalue weighted by molar-refractivity contribution is 0.103. The molecule has 2 rings (SSSR count). The standard InChI is InChI=1S/C13H11BrN2O3/c1-18-10-4-3-8(7-9(10)14)12(17)11-13(19-2)16-6-5-15-11/h3-7H,1-2H3. The Morgan fingerprint density at radius 3 is 2.53 bits per heavy atom. The molecule has 0 unspecified atom stereocenters. The van der Waals surface area contributed by atoms with Crippen molar-refractivity contribution in [3.05, 3.63) is 46.3 Å². The number of hydrogen-bond acceptors (Lipinski definition) is 5. The third-order valence-corrected chi connectivity index (χ3v) is 3.11. The number of aromatic nitrogens is 2. The normalized spacial score (nSPS) is 10.1. The second-order valence-corrected chi connectivity index (χ2v) is 4.45. The van der Waals surface area contributed by atoms with Crippen LogP contribution in [0, 0.1) is 0 Å². The number of rotatable bonds is 4. The second kappa shape index (κ2) is 5.79. The number of halogens is 1. The molecule has 0 amide bonds. The van der Waals surface area contributed by atoms with E-state index >= 15 is 0 Å². The molecule has 1 aromatic heterocycles. The second-order valence-electron chi connectivity index (χ2n) is 3.59. The lowest BCUT2D eigenvalue weighted by Crippen LogP contribution is -2.07. The van der Waals surface area contributed by atoms with Gasteiger partial charge in [0.1, 0.15) is 5.75 Å². The van der Waals surface area contributed by atoms with Crippen molar-refractivity contribution in [3.63, 3.8) is 0 Å². The van der Waals surface area contributed by atoms with Gasteiger partial charge in [0.05, 0.1) is 18.7 Å². The zero-order valence-electron chi connectivity index (χ0n) is 10.4. The van der Waals surface area contributed by atoms with E-state index in [-0.39, 0.29) is 17.4 Å². The first-order chi connectivity index (χ1) is 9.17. The van der Waals surface area contributed by atoms with Gasteiger partial charge in [-0.05, 0) is 34.1 Å². The number of ketones is 1. The van der Waals surface area contributed by atoms with Gasteiger partial charge in [0.2, 0.25) is 11.7 Å². The highest BCUT2D eigenvalue weighted by atomic mass is 79.9. The molecule has 0 aliphatic carbocycles. The van der Waals surface area contributed by atoms with Crippen molar-refractivity contribution in [2.75, 3.05) is 14.2 Å². The Balaban J connectivity index is 2.41. The molecule has 0 saturated heterocycles. The monoisotopic (exact) mass is 322 g/mol. The third kappa shape index (κ3) is 2.73. The number of hydrogen-bond donors (Lipinski definition) is 0. The molecule has 0 saturated carbocycles.